The van der Waals surface area contributed by atoms with E-state index in [1.807, 2.05) is 0 Å². The van der Waals surface area contributed by atoms with E-state index in [-0.39, 0.29) is 17.9 Å². The molecule has 0 aliphatic rings. The largest absolute Gasteiger partial charge is 0.494 e. The van der Waals surface area contributed by atoms with E-state index in [1.54, 1.807) is 6.92 Å². The maximum absolute atomic E-state index is 11.5. The lowest BCUT2D eigenvalue weighted by Gasteiger charge is -2.07. The van der Waals surface area contributed by atoms with Gasteiger partial charge >= 0.3 is 5.97 Å². The molecule has 15 heavy (non-hydrogen) atoms. The first-order chi connectivity index (χ1) is 7.11. The summed E-state index contributed by atoms with van der Waals surface area (Å²) in [5.41, 5.74) is -0.665. The summed E-state index contributed by atoms with van der Waals surface area (Å²) in [5.74, 6) is -0.519. The number of esters is 1. The predicted octanol–water partition coefficient (Wildman–Crippen LogP) is 1.32. The summed E-state index contributed by atoms with van der Waals surface area (Å²) in [7, 11) is 1.38. The molecule has 0 atom stereocenters. The van der Waals surface area contributed by atoms with Crippen molar-refractivity contribution in [3.05, 3.63) is 26.6 Å². The third-order valence-electron chi connectivity index (χ3n) is 1.68. The molecule has 0 radical (unpaired) electrons. The van der Waals surface area contributed by atoms with E-state index in [4.69, 9.17) is 9.47 Å². The maximum Gasteiger partial charge on any atom is 0.347 e. The molecule has 1 N–H and O–H groups in total. The van der Waals surface area contributed by atoms with Crippen LogP contribution in [0.5, 0.6) is 5.75 Å². The van der Waals surface area contributed by atoms with E-state index in [1.165, 1.54) is 13.3 Å². The van der Waals surface area contributed by atoms with Crippen LogP contribution < -0.4 is 10.3 Å². The molecule has 5 nitrogen and oxygen atoms in total. The van der Waals surface area contributed by atoms with E-state index < -0.39 is 11.5 Å². The summed E-state index contributed by atoms with van der Waals surface area (Å²) >= 11 is 3.16. The molecule has 0 aliphatic carbocycles. The second-order valence-corrected chi connectivity index (χ2v) is 3.45. The van der Waals surface area contributed by atoms with Crippen LogP contribution in [0, 0.1) is 0 Å². The van der Waals surface area contributed by atoms with Crippen molar-refractivity contribution < 1.29 is 14.3 Å². The van der Waals surface area contributed by atoms with Gasteiger partial charge < -0.3 is 14.5 Å². The van der Waals surface area contributed by atoms with Crippen LogP contribution in [0.4, 0.5) is 0 Å². The molecular weight excluding hydrogens is 266 g/mol. The fraction of sp³-hybridized carbons (Fsp3) is 0.333. The molecular formula is C9H10BrNO4. The number of H-pyrrole nitrogens is 1. The second-order valence-electron chi connectivity index (χ2n) is 2.59. The SMILES string of the molecule is CCOC(=O)c1c(OC)c(Br)c[nH]c1=O. The minimum atomic E-state index is -0.697. The number of aromatic nitrogens is 1. The predicted molar refractivity (Wildman–Crippen MR) is 57.3 cm³/mol. The van der Waals surface area contributed by atoms with Gasteiger partial charge in [0.15, 0.2) is 11.3 Å². The van der Waals surface area contributed by atoms with Gasteiger partial charge in [-0.15, -0.1) is 0 Å². The van der Waals surface area contributed by atoms with Crippen molar-refractivity contribution >= 4 is 21.9 Å². The Labute approximate surface area is 94.5 Å². The highest BCUT2D eigenvalue weighted by Crippen LogP contribution is 2.25. The molecule has 0 unspecified atom stereocenters. The minimum absolute atomic E-state index is 0.131. The Morgan fingerprint density at radius 1 is 1.60 bits per heavy atom. The fourth-order valence-corrected chi connectivity index (χ4v) is 1.55. The van der Waals surface area contributed by atoms with E-state index in [2.05, 4.69) is 20.9 Å². The molecule has 6 heteroatoms. The topological polar surface area (TPSA) is 68.4 Å². The molecule has 0 saturated heterocycles. The minimum Gasteiger partial charge on any atom is -0.494 e. The lowest BCUT2D eigenvalue weighted by atomic mass is 10.2. The van der Waals surface area contributed by atoms with E-state index in [0.717, 1.165) is 0 Å². The summed E-state index contributed by atoms with van der Waals surface area (Å²) in [6.07, 6.45) is 1.41. The Morgan fingerprint density at radius 3 is 2.80 bits per heavy atom. The zero-order chi connectivity index (χ0) is 11.4. The second kappa shape index (κ2) is 4.97. The van der Waals surface area contributed by atoms with Crippen molar-refractivity contribution in [2.24, 2.45) is 0 Å². The van der Waals surface area contributed by atoms with Crippen molar-refractivity contribution in [3.8, 4) is 5.75 Å². The molecule has 1 aromatic rings. The Hall–Kier alpha value is -1.30. The lowest BCUT2D eigenvalue weighted by molar-refractivity contribution is 0.0520. The summed E-state index contributed by atoms with van der Waals surface area (Å²) < 4.78 is 10.2. The summed E-state index contributed by atoms with van der Waals surface area (Å²) in [6.45, 7) is 1.87. The average molecular weight is 276 g/mol. The highest BCUT2D eigenvalue weighted by atomic mass is 79.9. The molecule has 82 valence electrons. The van der Waals surface area contributed by atoms with E-state index in [0.29, 0.717) is 4.47 Å². The monoisotopic (exact) mass is 275 g/mol. The number of carbonyl (C=O) groups excluding carboxylic acids is 1. The molecule has 0 spiro atoms. The van der Waals surface area contributed by atoms with Gasteiger partial charge in [0.1, 0.15) is 0 Å². The van der Waals surface area contributed by atoms with Gasteiger partial charge in [-0.3, -0.25) is 4.79 Å². The number of rotatable bonds is 3. The molecule has 0 saturated carbocycles. The van der Waals surface area contributed by atoms with Crippen molar-refractivity contribution in [2.45, 2.75) is 6.92 Å². The van der Waals surface area contributed by atoms with Gasteiger partial charge in [0, 0.05) is 6.20 Å². The van der Waals surface area contributed by atoms with Gasteiger partial charge in [0.25, 0.3) is 5.56 Å². The van der Waals surface area contributed by atoms with Gasteiger partial charge in [-0.25, -0.2) is 4.79 Å². The highest BCUT2D eigenvalue weighted by molar-refractivity contribution is 9.10. The van der Waals surface area contributed by atoms with Gasteiger partial charge in [-0.05, 0) is 22.9 Å². The van der Waals surface area contributed by atoms with Crippen LogP contribution >= 0.6 is 15.9 Å². The van der Waals surface area contributed by atoms with Gasteiger partial charge in [0.05, 0.1) is 18.2 Å². The molecule has 0 fully saturated rings. The Morgan fingerprint density at radius 2 is 2.27 bits per heavy atom. The van der Waals surface area contributed by atoms with Crippen LogP contribution in [0.25, 0.3) is 0 Å². The summed E-state index contributed by atoms with van der Waals surface area (Å²) in [4.78, 5) is 25.3. The zero-order valence-electron chi connectivity index (χ0n) is 8.30. The summed E-state index contributed by atoms with van der Waals surface area (Å²) in [6, 6.07) is 0. The maximum atomic E-state index is 11.5. The van der Waals surface area contributed by atoms with Crippen molar-refractivity contribution in [2.75, 3.05) is 13.7 Å². The van der Waals surface area contributed by atoms with Crippen LogP contribution in [-0.2, 0) is 4.74 Å². The van der Waals surface area contributed by atoms with Gasteiger partial charge in [-0.1, -0.05) is 0 Å². The molecule has 0 aromatic carbocycles. The number of carbonyl (C=O) groups is 1. The third kappa shape index (κ3) is 2.38. The number of ether oxygens (including phenoxy) is 2. The number of halogens is 1. The fourth-order valence-electron chi connectivity index (χ4n) is 1.08. The number of nitrogens with one attached hydrogen (secondary N) is 1. The highest BCUT2D eigenvalue weighted by Gasteiger charge is 2.20. The van der Waals surface area contributed by atoms with E-state index in [9.17, 15) is 9.59 Å². The average Bonchev–Trinajstić information content (AvgIpc) is 2.21. The van der Waals surface area contributed by atoms with Crippen LogP contribution in [0.3, 0.4) is 0 Å². The van der Waals surface area contributed by atoms with Crippen molar-refractivity contribution in [3.63, 3.8) is 0 Å². The number of aromatic amines is 1. The van der Waals surface area contributed by atoms with Crippen molar-refractivity contribution in [1.82, 2.24) is 4.98 Å². The standard InChI is InChI=1S/C9H10BrNO4/c1-3-15-9(13)6-7(14-2)5(10)4-11-8(6)12/h4H,3H2,1-2H3,(H,11,12). The quantitative estimate of drug-likeness (QED) is 0.845. The molecule has 0 aliphatic heterocycles. The molecule has 1 rings (SSSR count). The smallest absolute Gasteiger partial charge is 0.347 e. The van der Waals surface area contributed by atoms with E-state index >= 15 is 0 Å². The van der Waals surface area contributed by atoms with Crippen LogP contribution in [0.2, 0.25) is 0 Å². The van der Waals surface area contributed by atoms with Gasteiger partial charge in [-0.2, -0.15) is 0 Å². The molecule has 0 bridgehead atoms. The summed E-state index contributed by atoms with van der Waals surface area (Å²) in [5, 5.41) is 0. The third-order valence-corrected chi connectivity index (χ3v) is 2.27. The van der Waals surface area contributed by atoms with Crippen LogP contribution in [0.15, 0.2) is 15.5 Å². The Kier molecular flexibility index (Phi) is 3.90. The van der Waals surface area contributed by atoms with Crippen molar-refractivity contribution in [1.29, 1.82) is 0 Å². The molecule has 1 heterocycles. The molecule has 0 amide bonds. The number of pyridine rings is 1. The van der Waals surface area contributed by atoms with Crippen LogP contribution in [0.1, 0.15) is 17.3 Å². The number of methoxy groups -OCH3 is 1. The lowest BCUT2D eigenvalue weighted by Crippen LogP contribution is -2.21. The van der Waals surface area contributed by atoms with Gasteiger partial charge in [0.2, 0.25) is 0 Å². The Balaban J connectivity index is 3.31. The molecule has 1 aromatic heterocycles. The zero-order valence-corrected chi connectivity index (χ0v) is 9.88. The van der Waals surface area contributed by atoms with Crippen LogP contribution in [-0.4, -0.2) is 24.7 Å². The Bertz CT molecular complexity index is 427. The first-order valence-electron chi connectivity index (χ1n) is 4.24. The number of hydrogen-bond donors (Lipinski definition) is 1. The number of hydrogen-bond acceptors (Lipinski definition) is 4. The first-order valence-corrected chi connectivity index (χ1v) is 5.03. The normalized spacial score (nSPS) is 9.80. The first kappa shape index (κ1) is 11.8.